The maximum absolute atomic E-state index is 11.4. The molecule has 0 spiro atoms. The van der Waals surface area contributed by atoms with E-state index in [-0.39, 0.29) is 11.2 Å². The highest BCUT2D eigenvalue weighted by Crippen LogP contribution is 2.12. The smallest absolute Gasteiger partial charge is 0.224 e. The Morgan fingerprint density at radius 1 is 1.47 bits per heavy atom. The number of nitrogens with one attached hydrogen (secondary N) is 1. The fourth-order valence-corrected chi connectivity index (χ4v) is 2.36. The Morgan fingerprint density at radius 2 is 2.32 bits per heavy atom. The van der Waals surface area contributed by atoms with Crippen molar-refractivity contribution in [2.24, 2.45) is 0 Å². The molecule has 1 amide bonds. The molecule has 0 aromatic carbocycles. The number of aromatic nitrogens is 2. The molecule has 0 saturated carbocycles. The van der Waals surface area contributed by atoms with E-state index in [2.05, 4.69) is 15.3 Å². The molecule has 1 aliphatic rings. The number of hydrogen-bond acceptors (Lipinski definition) is 4. The first kappa shape index (κ1) is 14.1. The summed E-state index contributed by atoms with van der Waals surface area (Å²) in [6.07, 6.45) is 3.44. The SMILES string of the molecule is CCc1cc(NCCCN2CCCC2=O)nc(Cl)n1. The zero-order valence-corrected chi connectivity index (χ0v) is 11.9. The molecule has 1 aliphatic heterocycles. The highest BCUT2D eigenvalue weighted by atomic mass is 35.5. The van der Waals surface area contributed by atoms with Gasteiger partial charge in [0.05, 0.1) is 0 Å². The Hall–Kier alpha value is -1.36. The molecule has 0 atom stereocenters. The number of likely N-dealkylation sites (tertiary alicyclic amines) is 1. The topological polar surface area (TPSA) is 58.1 Å². The van der Waals surface area contributed by atoms with Crippen molar-refractivity contribution < 1.29 is 4.79 Å². The molecular formula is C13H19ClN4O. The Bertz CT molecular complexity index is 452. The number of halogens is 1. The van der Waals surface area contributed by atoms with Crippen molar-refractivity contribution in [1.82, 2.24) is 14.9 Å². The van der Waals surface area contributed by atoms with Gasteiger partial charge in [-0.05, 0) is 30.9 Å². The number of aryl methyl sites for hydroxylation is 1. The van der Waals surface area contributed by atoms with Crippen molar-refractivity contribution in [3.63, 3.8) is 0 Å². The molecule has 19 heavy (non-hydrogen) atoms. The molecule has 0 radical (unpaired) electrons. The van der Waals surface area contributed by atoms with Crippen LogP contribution < -0.4 is 5.32 Å². The summed E-state index contributed by atoms with van der Waals surface area (Å²) < 4.78 is 0. The Balaban J connectivity index is 1.76. The third-order valence-corrected chi connectivity index (χ3v) is 3.37. The summed E-state index contributed by atoms with van der Waals surface area (Å²) in [5, 5.41) is 3.50. The van der Waals surface area contributed by atoms with Gasteiger partial charge in [-0.1, -0.05) is 6.92 Å². The van der Waals surface area contributed by atoms with Crippen LogP contribution in [0.1, 0.15) is 31.9 Å². The van der Waals surface area contributed by atoms with Crippen LogP contribution in [-0.2, 0) is 11.2 Å². The van der Waals surface area contributed by atoms with E-state index in [1.807, 2.05) is 17.9 Å². The number of rotatable bonds is 6. The van der Waals surface area contributed by atoms with Crippen molar-refractivity contribution in [3.8, 4) is 0 Å². The Labute approximate surface area is 118 Å². The minimum atomic E-state index is 0.275. The number of hydrogen-bond donors (Lipinski definition) is 1. The molecule has 2 rings (SSSR count). The lowest BCUT2D eigenvalue weighted by molar-refractivity contribution is -0.127. The fourth-order valence-electron chi connectivity index (χ4n) is 2.16. The summed E-state index contributed by atoms with van der Waals surface area (Å²) >= 11 is 5.85. The normalized spacial score (nSPS) is 15.1. The van der Waals surface area contributed by atoms with Crippen LogP contribution in [0.15, 0.2) is 6.07 Å². The van der Waals surface area contributed by atoms with Crippen LogP contribution in [0.25, 0.3) is 0 Å². The van der Waals surface area contributed by atoms with E-state index < -0.39 is 0 Å². The van der Waals surface area contributed by atoms with Crippen molar-refractivity contribution in [2.45, 2.75) is 32.6 Å². The number of anilines is 1. The van der Waals surface area contributed by atoms with Gasteiger partial charge in [0.2, 0.25) is 11.2 Å². The second-order valence-corrected chi connectivity index (χ2v) is 4.97. The van der Waals surface area contributed by atoms with E-state index >= 15 is 0 Å². The number of carbonyl (C=O) groups is 1. The molecule has 0 aliphatic carbocycles. The van der Waals surface area contributed by atoms with Gasteiger partial charge in [-0.15, -0.1) is 0 Å². The van der Waals surface area contributed by atoms with Crippen molar-refractivity contribution in [3.05, 3.63) is 17.0 Å². The molecule has 0 bridgehead atoms. The van der Waals surface area contributed by atoms with Gasteiger partial charge >= 0.3 is 0 Å². The zero-order valence-electron chi connectivity index (χ0n) is 11.2. The maximum Gasteiger partial charge on any atom is 0.224 e. The molecule has 1 aromatic heterocycles. The van der Waals surface area contributed by atoms with Crippen molar-refractivity contribution >= 4 is 23.3 Å². The van der Waals surface area contributed by atoms with Gasteiger partial charge in [0.15, 0.2) is 0 Å². The average molecular weight is 283 g/mol. The fraction of sp³-hybridized carbons (Fsp3) is 0.615. The minimum Gasteiger partial charge on any atom is -0.370 e. The van der Waals surface area contributed by atoms with Crippen LogP contribution in [0.2, 0.25) is 5.28 Å². The third-order valence-electron chi connectivity index (χ3n) is 3.20. The highest BCUT2D eigenvalue weighted by Gasteiger charge is 2.18. The summed E-state index contributed by atoms with van der Waals surface area (Å²) in [4.78, 5) is 21.6. The summed E-state index contributed by atoms with van der Waals surface area (Å²) in [5.41, 5.74) is 0.928. The quantitative estimate of drug-likeness (QED) is 0.641. The van der Waals surface area contributed by atoms with E-state index in [9.17, 15) is 4.79 Å². The summed E-state index contributed by atoms with van der Waals surface area (Å²) in [5.74, 6) is 1.03. The van der Waals surface area contributed by atoms with Crippen LogP contribution >= 0.6 is 11.6 Å². The van der Waals surface area contributed by atoms with Gasteiger partial charge < -0.3 is 10.2 Å². The highest BCUT2D eigenvalue weighted by molar-refractivity contribution is 6.28. The summed E-state index contributed by atoms with van der Waals surface area (Å²) in [7, 11) is 0. The summed E-state index contributed by atoms with van der Waals surface area (Å²) in [6, 6.07) is 1.91. The largest absolute Gasteiger partial charge is 0.370 e. The standard InChI is InChI=1S/C13H19ClN4O/c1-2-10-9-11(17-13(14)16-10)15-6-4-8-18-7-3-5-12(18)19/h9H,2-8H2,1H3,(H,15,16,17). The molecule has 104 valence electrons. The lowest BCUT2D eigenvalue weighted by atomic mass is 10.3. The summed E-state index contributed by atoms with van der Waals surface area (Å²) in [6.45, 7) is 4.52. The first-order valence-electron chi connectivity index (χ1n) is 6.74. The van der Waals surface area contributed by atoms with E-state index in [1.165, 1.54) is 0 Å². The van der Waals surface area contributed by atoms with Crippen molar-refractivity contribution in [1.29, 1.82) is 0 Å². The Kier molecular flexibility index (Phi) is 4.96. The second-order valence-electron chi connectivity index (χ2n) is 4.63. The number of nitrogens with zero attached hydrogens (tertiary/aromatic N) is 3. The van der Waals surface area contributed by atoms with Crippen LogP contribution in [-0.4, -0.2) is 40.4 Å². The predicted molar refractivity (Wildman–Crippen MR) is 75.3 cm³/mol. The molecule has 6 heteroatoms. The molecule has 1 aromatic rings. The molecule has 1 fully saturated rings. The first-order chi connectivity index (χ1) is 9.19. The van der Waals surface area contributed by atoms with E-state index in [4.69, 9.17) is 11.6 Å². The van der Waals surface area contributed by atoms with Gasteiger partial charge in [0, 0.05) is 37.8 Å². The molecule has 1 N–H and O–H groups in total. The van der Waals surface area contributed by atoms with Crippen LogP contribution in [0, 0.1) is 0 Å². The van der Waals surface area contributed by atoms with Gasteiger partial charge in [0.25, 0.3) is 0 Å². The second kappa shape index (κ2) is 6.70. The zero-order chi connectivity index (χ0) is 13.7. The lowest BCUT2D eigenvalue weighted by Crippen LogP contribution is -2.27. The lowest BCUT2D eigenvalue weighted by Gasteiger charge is -2.15. The monoisotopic (exact) mass is 282 g/mol. The van der Waals surface area contributed by atoms with Crippen LogP contribution in [0.3, 0.4) is 0 Å². The van der Waals surface area contributed by atoms with E-state index in [1.54, 1.807) is 0 Å². The van der Waals surface area contributed by atoms with Crippen molar-refractivity contribution in [2.75, 3.05) is 25.0 Å². The minimum absolute atomic E-state index is 0.275. The van der Waals surface area contributed by atoms with Crippen LogP contribution in [0.4, 0.5) is 5.82 Å². The number of carbonyl (C=O) groups excluding carboxylic acids is 1. The Morgan fingerprint density at radius 3 is 3.00 bits per heavy atom. The van der Waals surface area contributed by atoms with Gasteiger partial charge in [-0.3, -0.25) is 4.79 Å². The van der Waals surface area contributed by atoms with E-state index in [0.717, 1.165) is 50.4 Å². The van der Waals surface area contributed by atoms with Gasteiger partial charge in [-0.2, -0.15) is 0 Å². The van der Waals surface area contributed by atoms with Gasteiger partial charge in [-0.25, -0.2) is 9.97 Å². The van der Waals surface area contributed by atoms with E-state index in [0.29, 0.717) is 6.42 Å². The molecule has 1 saturated heterocycles. The third kappa shape index (κ3) is 4.06. The van der Waals surface area contributed by atoms with Crippen LogP contribution in [0.5, 0.6) is 0 Å². The first-order valence-corrected chi connectivity index (χ1v) is 7.12. The molecule has 5 nitrogen and oxygen atoms in total. The molecular weight excluding hydrogens is 264 g/mol. The maximum atomic E-state index is 11.4. The predicted octanol–water partition coefficient (Wildman–Crippen LogP) is 2.12. The molecule has 0 unspecified atom stereocenters. The molecule has 2 heterocycles. The average Bonchev–Trinajstić information content (AvgIpc) is 2.80. The number of amides is 1. The van der Waals surface area contributed by atoms with Gasteiger partial charge in [0.1, 0.15) is 5.82 Å².